The molecule has 1 atom stereocenters. The largest absolute Gasteiger partial charge is 0.383 e. The number of halogens is 1. The Balaban J connectivity index is 1.61. The third-order valence-electron chi connectivity index (χ3n) is 4.70. The zero-order valence-electron chi connectivity index (χ0n) is 13.2. The summed E-state index contributed by atoms with van der Waals surface area (Å²) in [6.07, 6.45) is 2.05. The molecule has 0 aromatic heterocycles. The molecule has 2 fully saturated rings. The normalized spacial score (nSPS) is 22.3. The van der Waals surface area contributed by atoms with Gasteiger partial charge in [0.05, 0.1) is 18.1 Å². The molecule has 1 aromatic carbocycles. The van der Waals surface area contributed by atoms with Gasteiger partial charge in [0, 0.05) is 31.6 Å². The van der Waals surface area contributed by atoms with E-state index in [4.69, 9.17) is 16.3 Å². The van der Waals surface area contributed by atoms with Crippen molar-refractivity contribution in [3.63, 3.8) is 0 Å². The second kappa shape index (κ2) is 6.49. The molecule has 5 nitrogen and oxygen atoms in total. The van der Waals surface area contributed by atoms with Crippen molar-refractivity contribution in [2.75, 3.05) is 26.8 Å². The highest BCUT2D eigenvalue weighted by Crippen LogP contribution is 2.48. The molecular formula is C17H21ClN2O3. The topological polar surface area (TPSA) is 58.6 Å². The number of rotatable bonds is 6. The van der Waals surface area contributed by atoms with Crippen LogP contribution in [-0.4, -0.2) is 49.6 Å². The minimum atomic E-state index is -0.437. The van der Waals surface area contributed by atoms with Gasteiger partial charge in [-0.25, -0.2) is 0 Å². The molecule has 124 valence electrons. The van der Waals surface area contributed by atoms with Gasteiger partial charge in [-0.05, 0) is 30.5 Å². The molecule has 2 aliphatic rings. The van der Waals surface area contributed by atoms with Crippen LogP contribution in [0.4, 0.5) is 0 Å². The van der Waals surface area contributed by atoms with Crippen molar-refractivity contribution in [2.45, 2.75) is 30.7 Å². The highest BCUT2D eigenvalue weighted by molar-refractivity contribution is 6.30. The van der Waals surface area contributed by atoms with Gasteiger partial charge in [-0.3, -0.25) is 9.59 Å². The van der Waals surface area contributed by atoms with Crippen LogP contribution < -0.4 is 5.32 Å². The van der Waals surface area contributed by atoms with E-state index in [-0.39, 0.29) is 17.9 Å². The number of methoxy groups -OCH3 is 1. The molecule has 1 heterocycles. The smallest absolute Gasteiger partial charge is 0.230 e. The predicted molar refractivity (Wildman–Crippen MR) is 87.4 cm³/mol. The Bertz CT molecular complexity index is 598. The first-order valence-corrected chi connectivity index (χ1v) is 8.27. The summed E-state index contributed by atoms with van der Waals surface area (Å²) < 4.78 is 5.01. The van der Waals surface area contributed by atoms with Crippen LogP contribution in [0.25, 0.3) is 0 Å². The van der Waals surface area contributed by atoms with E-state index >= 15 is 0 Å². The van der Waals surface area contributed by atoms with Crippen LogP contribution in [0.1, 0.15) is 24.8 Å². The van der Waals surface area contributed by atoms with E-state index in [1.54, 1.807) is 12.0 Å². The first-order valence-electron chi connectivity index (χ1n) is 7.89. The fourth-order valence-electron chi connectivity index (χ4n) is 3.15. The highest BCUT2D eigenvalue weighted by Gasteiger charge is 2.52. The Morgan fingerprint density at radius 1 is 1.39 bits per heavy atom. The van der Waals surface area contributed by atoms with Crippen molar-refractivity contribution in [3.8, 4) is 0 Å². The fourth-order valence-corrected chi connectivity index (χ4v) is 3.28. The fraction of sp³-hybridized carbons (Fsp3) is 0.529. The zero-order valence-corrected chi connectivity index (χ0v) is 13.9. The minimum Gasteiger partial charge on any atom is -0.383 e. The van der Waals surface area contributed by atoms with Gasteiger partial charge in [0.25, 0.3) is 0 Å². The number of carbonyl (C=O) groups excluding carboxylic acids is 2. The standard InChI is InChI=1S/C17H21ClN2O3/c1-23-9-8-20-11-14(10-15(20)21)19-16(22)17(6-7-17)12-2-4-13(18)5-3-12/h2-5,14H,6-11H2,1H3,(H,19,22)/t14-/m1/s1. The average molecular weight is 337 g/mol. The third kappa shape index (κ3) is 3.35. The Morgan fingerprint density at radius 3 is 2.70 bits per heavy atom. The van der Waals surface area contributed by atoms with E-state index in [2.05, 4.69) is 5.32 Å². The van der Waals surface area contributed by atoms with Gasteiger partial charge >= 0.3 is 0 Å². The minimum absolute atomic E-state index is 0.0196. The zero-order chi connectivity index (χ0) is 16.4. The molecule has 1 saturated heterocycles. The molecule has 1 aromatic rings. The molecule has 0 unspecified atom stereocenters. The summed E-state index contributed by atoms with van der Waals surface area (Å²) in [5.41, 5.74) is 0.563. The SMILES string of the molecule is COCCN1C[C@H](NC(=O)C2(c3ccc(Cl)cc3)CC2)CC1=O. The highest BCUT2D eigenvalue weighted by atomic mass is 35.5. The molecule has 1 aliphatic heterocycles. The number of carbonyl (C=O) groups is 2. The van der Waals surface area contributed by atoms with Crippen molar-refractivity contribution >= 4 is 23.4 Å². The number of ether oxygens (including phenoxy) is 1. The summed E-state index contributed by atoms with van der Waals surface area (Å²) in [5.74, 6) is 0.0925. The Hall–Kier alpha value is -1.59. The number of nitrogens with one attached hydrogen (secondary N) is 1. The van der Waals surface area contributed by atoms with Gasteiger partial charge in [-0.2, -0.15) is 0 Å². The summed E-state index contributed by atoms with van der Waals surface area (Å²) in [6, 6.07) is 7.35. The molecule has 23 heavy (non-hydrogen) atoms. The second-order valence-corrected chi connectivity index (χ2v) is 6.73. The summed E-state index contributed by atoms with van der Waals surface area (Å²) in [5, 5.41) is 3.72. The first-order chi connectivity index (χ1) is 11.0. The Labute approximate surface area is 140 Å². The van der Waals surface area contributed by atoms with E-state index in [1.807, 2.05) is 24.3 Å². The summed E-state index contributed by atoms with van der Waals surface area (Å²) in [4.78, 5) is 26.4. The van der Waals surface area contributed by atoms with Crippen molar-refractivity contribution in [1.29, 1.82) is 0 Å². The third-order valence-corrected chi connectivity index (χ3v) is 4.95. The first kappa shape index (κ1) is 16.3. The van der Waals surface area contributed by atoms with Crippen LogP contribution in [0, 0.1) is 0 Å². The average Bonchev–Trinajstić information content (AvgIpc) is 3.27. The van der Waals surface area contributed by atoms with E-state index < -0.39 is 5.41 Å². The lowest BCUT2D eigenvalue weighted by molar-refractivity contribution is -0.128. The Morgan fingerprint density at radius 2 is 2.09 bits per heavy atom. The molecular weight excluding hydrogens is 316 g/mol. The molecule has 3 rings (SSSR count). The van der Waals surface area contributed by atoms with Crippen molar-refractivity contribution in [1.82, 2.24) is 10.2 Å². The molecule has 0 radical (unpaired) electrons. The lowest BCUT2D eigenvalue weighted by Crippen LogP contribution is -2.43. The van der Waals surface area contributed by atoms with Gasteiger partial charge < -0.3 is 15.0 Å². The van der Waals surface area contributed by atoms with Crippen molar-refractivity contribution in [3.05, 3.63) is 34.9 Å². The van der Waals surface area contributed by atoms with E-state index in [9.17, 15) is 9.59 Å². The van der Waals surface area contributed by atoms with Gasteiger partial charge in [0.15, 0.2) is 0 Å². The monoisotopic (exact) mass is 336 g/mol. The van der Waals surface area contributed by atoms with E-state index in [0.29, 0.717) is 31.1 Å². The molecule has 0 spiro atoms. The van der Waals surface area contributed by atoms with Crippen LogP contribution in [-0.2, 0) is 19.7 Å². The molecule has 1 saturated carbocycles. The second-order valence-electron chi connectivity index (χ2n) is 6.30. The number of nitrogens with zero attached hydrogens (tertiary/aromatic N) is 1. The van der Waals surface area contributed by atoms with Gasteiger partial charge in [-0.1, -0.05) is 23.7 Å². The van der Waals surface area contributed by atoms with Crippen LogP contribution in [0.5, 0.6) is 0 Å². The number of hydrogen-bond donors (Lipinski definition) is 1. The van der Waals surface area contributed by atoms with Crippen molar-refractivity contribution in [2.24, 2.45) is 0 Å². The lowest BCUT2D eigenvalue weighted by Gasteiger charge is -2.20. The molecule has 1 aliphatic carbocycles. The molecule has 2 amide bonds. The summed E-state index contributed by atoms with van der Waals surface area (Å²) in [7, 11) is 1.61. The van der Waals surface area contributed by atoms with Gasteiger partial charge in [0.1, 0.15) is 0 Å². The number of likely N-dealkylation sites (tertiary alicyclic amines) is 1. The number of benzene rings is 1. The molecule has 1 N–H and O–H groups in total. The van der Waals surface area contributed by atoms with Gasteiger partial charge in [-0.15, -0.1) is 0 Å². The van der Waals surface area contributed by atoms with E-state index in [0.717, 1.165) is 18.4 Å². The van der Waals surface area contributed by atoms with Crippen molar-refractivity contribution < 1.29 is 14.3 Å². The van der Waals surface area contributed by atoms with Crippen LogP contribution in [0.15, 0.2) is 24.3 Å². The summed E-state index contributed by atoms with van der Waals surface area (Å²) >= 11 is 5.92. The Kier molecular flexibility index (Phi) is 4.60. The van der Waals surface area contributed by atoms with Crippen LogP contribution >= 0.6 is 11.6 Å². The quantitative estimate of drug-likeness (QED) is 0.860. The summed E-state index contributed by atoms with van der Waals surface area (Å²) in [6.45, 7) is 1.65. The van der Waals surface area contributed by atoms with Crippen LogP contribution in [0.2, 0.25) is 5.02 Å². The maximum absolute atomic E-state index is 12.7. The molecule has 6 heteroatoms. The molecule has 0 bridgehead atoms. The predicted octanol–water partition coefficient (Wildman–Crippen LogP) is 1.74. The maximum atomic E-state index is 12.7. The van der Waals surface area contributed by atoms with Crippen LogP contribution in [0.3, 0.4) is 0 Å². The lowest BCUT2D eigenvalue weighted by atomic mass is 9.94. The number of hydrogen-bond acceptors (Lipinski definition) is 3. The number of amides is 2. The van der Waals surface area contributed by atoms with Gasteiger partial charge in [0.2, 0.25) is 11.8 Å². The maximum Gasteiger partial charge on any atom is 0.230 e. The van der Waals surface area contributed by atoms with E-state index in [1.165, 1.54) is 0 Å².